The summed E-state index contributed by atoms with van der Waals surface area (Å²) in [5.74, 6) is 2.24. The average Bonchev–Trinajstić information content (AvgIpc) is 2.61. The molecule has 5 unspecified atom stereocenters. The predicted octanol–water partition coefficient (Wildman–Crippen LogP) is 5.07. The molecule has 5 atom stereocenters. The van der Waals surface area contributed by atoms with Gasteiger partial charge in [-0.05, 0) is 48.8 Å². The molecule has 2 heterocycles. The van der Waals surface area contributed by atoms with E-state index in [0.29, 0.717) is 11.8 Å². The number of nitrogens with one attached hydrogen (secondary N) is 1. The quantitative estimate of drug-likeness (QED) is 0.778. The number of rotatable bonds is 2. The zero-order valence-corrected chi connectivity index (χ0v) is 16.6. The number of fused-ring (bicyclic) bond motifs is 3. The average molecular weight is 367 g/mol. The summed E-state index contributed by atoms with van der Waals surface area (Å²) in [6.07, 6.45) is 4.99. The molecular formula is C23H29NO3. The lowest BCUT2D eigenvalue weighted by atomic mass is 9.54. The fourth-order valence-corrected chi connectivity index (χ4v) is 5.95. The minimum absolute atomic E-state index is 0.0280. The van der Waals surface area contributed by atoms with Gasteiger partial charge in [0.25, 0.3) is 5.56 Å². The normalized spacial score (nSPS) is 32.3. The van der Waals surface area contributed by atoms with Gasteiger partial charge in [0.05, 0.1) is 5.56 Å². The van der Waals surface area contributed by atoms with Gasteiger partial charge < -0.3 is 14.8 Å². The Morgan fingerprint density at radius 3 is 2.63 bits per heavy atom. The molecule has 2 aliphatic rings. The zero-order chi connectivity index (χ0) is 19.3. The molecule has 0 radical (unpaired) electrons. The second kappa shape index (κ2) is 6.43. The fourth-order valence-electron chi connectivity index (χ4n) is 5.95. The molecule has 0 saturated heterocycles. The van der Waals surface area contributed by atoms with E-state index in [1.807, 2.05) is 12.1 Å². The first-order valence-electron chi connectivity index (χ1n) is 10.1. The molecule has 4 nitrogen and oxygen atoms in total. The smallest absolute Gasteiger partial charge is 0.255 e. The van der Waals surface area contributed by atoms with E-state index in [9.17, 15) is 9.90 Å². The van der Waals surface area contributed by atoms with Crippen molar-refractivity contribution >= 4 is 0 Å². The molecule has 0 amide bonds. The summed E-state index contributed by atoms with van der Waals surface area (Å²) in [7, 11) is 0. The topological polar surface area (TPSA) is 62.3 Å². The van der Waals surface area contributed by atoms with Gasteiger partial charge >= 0.3 is 0 Å². The van der Waals surface area contributed by atoms with Gasteiger partial charge in [-0.1, -0.05) is 39.8 Å². The molecule has 144 valence electrons. The van der Waals surface area contributed by atoms with Crippen molar-refractivity contribution in [2.45, 2.75) is 59.0 Å². The molecule has 4 rings (SSSR count). The SMILES string of the molecule is CCC1Oc2c(-c3ccc(O)cc3)c[nH]c(=O)c2C2C(C)CC(C)CC12C. The standard InChI is InChI=1S/C23H29NO3/c1-5-18-23(4)11-13(2)10-14(3)20(23)19-21(27-18)17(12-24-22(19)26)15-6-8-16(25)9-7-15/h6-9,12-14,18,20,25H,5,10-11H2,1-4H3,(H,24,26). The molecule has 4 heteroatoms. The van der Waals surface area contributed by atoms with Crippen molar-refractivity contribution in [1.82, 2.24) is 4.98 Å². The first kappa shape index (κ1) is 18.1. The zero-order valence-electron chi connectivity index (χ0n) is 16.6. The molecule has 1 aliphatic carbocycles. The number of phenolic OH excluding ortho intramolecular Hbond substituents is 1. The van der Waals surface area contributed by atoms with E-state index in [-0.39, 0.29) is 28.7 Å². The van der Waals surface area contributed by atoms with Crippen LogP contribution >= 0.6 is 0 Å². The van der Waals surface area contributed by atoms with Gasteiger partial charge in [0.15, 0.2) is 0 Å². The predicted molar refractivity (Wildman–Crippen MR) is 107 cm³/mol. The maximum absolute atomic E-state index is 12.9. The van der Waals surface area contributed by atoms with Gasteiger partial charge in [0, 0.05) is 23.1 Å². The van der Waals surface area contributed by atoms with Crippen molar-refractivity contribution in [3.05, 3.63) is 46.4 Å². The van der Waals surface area contributed by atoms with Crippen LogP contribution in [0.15, 0.2) is 35.3 Å². The Hall–Kier alpha value is -2.23. The number of benzene rings is 1. The molecule has 0 spiro atoms. The minimum atomic E-state index is -0.0284. The number of pyridine rings is 1. The number of hydrogen-bond acceptors (Lipinski definition) is 3. The summed E-state index contributed by atoms with van der Waals surface area (Å²) < 4.78 is 6.56. The highest BCUT2D eigenvalue weighted by molar-refractivity contribution is 5.72. The van der Waals surface area contributed by atoms with Crippen LogP contribution in [-0.2, 0) is 0 Å². The molecule has 1 aliphatic heterocycles. The number of aromatic nitrogens is 1. The molecule has 27 heavy (non-hydrogen) atoms. The Morgan fingerprint density at radius 1 is 1.26 bits per heavy atom. The van der Waals surface area contributed by atoms with Crippen LogP contribution in [-0.4, -0.2) is 16.2 Å². The summed E-state index contributed by atoms with van der Waals surface area (Å²) in [6, 6.07) is 7.07. The lowest BCUT2D eigenvalue weighted by Gasteiger charge is -2.54. The van der Waals surface area contributed by atoms with E-state index < -0.39 is 0 Å². The number of phenols is 1. The van der Waals surface area contributed by atoms with Gasteiger partial charge in [-0.15, -0.1) is 0 Å². The van der Waals surface area contributed by atoms with Gasteiger partial charge in [-0.2, -0.15) is 0 Å². The highest BCUT2D eigenvalue weighted by Gasteiger charge is 2.54. The number of hydrogen-bond donors (Lipinski definition) is 2. The molecule has 1 saturated carbocycles. The van der Waals surface area contributed by atoms with Gasteiger partial charge in [-0.3, -0.25) is 4.79 Å². The van der Waals surface area contributed by atoms with Crippen molar-refractivity contribution in [1.29, 1.82) is 0 Å². The Labute approximate surface area is 160 Å². The third-order valence-corrected chi connectivity index (χ3v) is 6.78. The summed E-state index contributed by atoms with van der Waals surface area (Å²) in [5.41, 5.74) is 2.60. The third kappa shape index (κ3) is 2.77. The minimum Gasteiger partial charge on any atom is -0.508 e. The van der Waals surface area contributed by atoms with Crippen molar-refractivity contribution in [3.8, 4) is 22.6 Å². The van der Waals surface area contributed by atoms with Crippen LogP contribution in [0.1, 0.15) is 58.4 Å². The lowest BCUT2D eigenvalue weighted by molar-refractivity contribution is -0.0459. The summed E-state index contributed by atoms with van der Waals surface area (Å²) in [4.78, 5) is 15.9. The van der Waals surface area contributed by atoms with Gasteiger partial charge in [0.2, 0.25) is 0 Å². The van der Waals surface area contributed by atoms with E-state index in [0.717, 1.165) is 41.7 Å². The summed E-state index contributed by atoms with van der Waals surface area (Å²) >= 11 is 0. The monoisotopic (exact) mass is 367 g/mol. The van der Waals surface area contributed by atoms with Gasteiger partial charge in [0.1, 0.15) is 17.6 Å². The van der Waals surface area contributed by atoms with Crippen LogP contribution in [0.4, 0.5) is 0 Å². The molecule has 2 aromatic rings. The van der Waals surface area contributed by atoms with Crippen LogP contribution in [0.25, 0.3) is 11.1 Å². The summed E-state index contributed by atoms with van der Waals surface area (Å²) in [5, 5.41) is 9.62. The Morgan fingerprint density at radius 2 is 1.96 bits per heavy atom. The Balaban J connectivity index is 1.94. The number of aromatic hydroxyl groups is 1. The molecule has 1 aromatic carbocycles. The van der Waals surface area contributed by atoms with Gasteiger partial charge in [-0.25, -0.2) is 0 Å². The van der Waals surface area contributed by atoms with E-state index in [1.165, 1.54) is 0 Å². The molecule has 1 aromatic heterocycles. The van der Waals surface area contributed by atoms with E-state index in [2.05, 4.69) is 32.7 Å². The molecule has 1 fully saturated rings. The second-order valence-corrected chi connectivity index (χ2v) is 8.84. The van der Waals surface area contributed by atoms with Crippen LogP contribution in [0, 0.1) is 17.3 Å². The third-order valence-electron chi connectivity index (χ3n) is 6.78. The van der Waals surface area contributed by atoms with Crippen molar-refractivity contribution in [2.75, 3.05) is 0 Å². The van der Waals surface area contributed by atoms with Crippen LogP contribution in [0.3, 0.4) is 0 Å². The molecule has 2 N–H and O–H groups in total. The van der Waals surface area contributed by atoms with Crippen molar-refractivity contribution in [2.24, 2.45) is 17.3 Å². The number of aromatic amines is 1. The van der Waals surface area contributed by atoms with E-state index in [1.54, 1.807) is 18.3 Å². The Kier molecular flexibility index (Phi) is 4.32. The second-order valence-electron chi connectivity index (χ2n) is 8.84. The largest absolute Gasteiger partial charge is 0.508 e. The maximum Gasteiger partial charge on any atom is 0.255 e. The summed E-state index contributed by atoms with van der Waals surface area (Å²) in [6.45, 7) is 9.09. The molecule has 0 bridgehead atoms. The fraction of sp³-hybridized carbons (Fsp3) is 0.522. The first-order chi connectivity index (χ1) is 12.8. The van der Waals surface area contributed by atoms with E-state index in [4.69, 9.17) is 4.74 Å². The maximum atomic E-state index is 12.9. The Bertz CT molecular complexity index is 901. The van der Waals surface area contributed by atoms with Crippen molar-refractivity contribution < 1.29 is 9.84 Å². The number of ether oxygens (including phenoxy) is 1. The van der Waals surface area contributed by atoms with Crippen molar-refractivity contribution in [3.63, 3.8) is 0 Å². The first-order valence-corrected chi connectivity index (χ1v) is 10.1. The highest BCUT2D eigenvalue weighted by atomic mass is 16.5. The van der Waals surface area contributed by atoms with Crippen LogP contribution in [0.5, 0.6) is 11.5 Å². The van der Waals surface area contributed by atoms with Crippen LogP contribution in [0.2, 0.25) is 0 Å². The molecular weight excluding hydrogens is 338 g/mol. The van der Waals surface area contributed by atoms with Crippen LogP contribution < -0.4 is 10.3 Å². The number of H-pyrrole nitrogens is 1. The van der Waals surface area contributed by atoms with E-state index >= 15 is 0 Å². The highest BCUT2D eigenvalue weighted by Crippen LogP contribution is 2.59. The lowest BCUT2D eigenvalue weighted by Crippen LogP contribution is -2.52.